The number of esters is 2. The van der Waals surface area contributed by atoms with E-state index in [1.807, 2.05) is 24.3 Å². The molecule has 3 fully saturated rings. The Hall–Kier alpha value is -2.99. The lowest BCUT2D eigenvalue weighted by molar-refractivity contribution is -0.291. The Morgan fingerprint density at radius 2 is 2.02 bits per heavy atom. The number of carbonyl (C=O) groups excluding carboxylic acids is 3. The van der Waals surface area contributed by atoms with Gasteiger partial charge in [0.25, 0.3) is 0 Å². The molecular formula is C35H41NO5. The number of benzene rings is 1. The Morgan fingerprint density at radius 1 is 1.15 bits per heavy atom. The maximum atomic E-state index is 14.4. The van der Waals surface area contributed by atoms with Gasteiger partial charge in [0.15, 0.2) is 17.5 Å². The van der Waals surface area contributed by atoms with E-state index >= 15 is 0 Å². The minimum Gasteiger partial charge on any atom is -0.453 e. The highest BCUT2D eigenvalue weighted by Gasteiger charge is 2.92. The number of cyclic esters (lactones) is 1. The molecule has 2 heterocycles. The van der Waals surface area contributed by atoms with Crippen molar-refractivity contribution >= 4 is 17.7 Å². The number of ether oxygens (including phenoxy) is 2. The van der Waals surface area contributed by atoms with E-state index < -0.39 is 22.5 Å². The summed E-state index contributed by atoms with van der Waals surface area (Å²) in [4.78, 5) is 42.2. The number of rotatable bonds is 9. The average Bonchev–Trinajstić information content (AvgIpc) is 3.63. The molecule has 7 rings (SSSR count). The third-order valence-electron chi connectivity index (χ3n) is 11.7. The molecule has 216 valence electrons. The maximum absolute atomic E-state index is 14.4. The van der Waals surface area contributed by atoms with Crippen molar-refractivity contribution in [2.24, 2.45) is 33.8 Å². The van der Waals surface area contributed by atoms with E-state index in [4.69, 9.17) is 15.2 Å². The van der Waals surface area contributed by atoms with E-state index in [0.717, 1.165) is 49.7 Å². The zero-order chi connectivity index (χ0) is 28.5. The van der Waals surface area contributed by atoms with Crippen molar-refractivity contribution in [3.63, 3.8) is 0 Å². The lowest BCUT2D eigenvalue weighted by Crippen LogP contribution is -2.77. The Kier molecular flexibility index (Phi) is 6.24. The van der Waals surface area contributed by atoms with Crippen LogP contribution in [0.15, 0.2) is 54.7 Å². The Balaban J connectivity index is 1.32. The second-order valence-electron chi connectivity index (χ2n) is 13.2. The average molecular weight is 556 g/mol. The highest BCUT2D eigenvalue weighted by molar-refractivity contribution is 6.01. The van der Waals surface area contributed by atoms with Gasteiger partial charge in [0, 0.05) is 17.9 Å². The van der Waals surface area contributed by atoms with Crippen LogP contribution in [0.5, 0.6) is 0 Å². The van der Waals surface area contributed by atoms with Crippen LogP contribution >= 0.6 is 0 Å². The van der Waals surface area contributed by atoms with Crippen LogP contribution in [0.25, 0.3) is 0 Å². The number of fused-ring (bicyclic) bond motifs is 3. The first-order valence-electron chi connectivity index (χ1n) is 15.7. The molecule has 7 atom stereocenters. The molecule has 1 aromatic carbocycles. The Bertz CT molecular complexity index is 1390. The van der Waals surface area contributed by atoms with Crippen LogP contribution < -0.4 is 5.73 Å². The van der Waals surface area contributed by atoms with E-state index in [9.17, 15) is 14.4 Å². The summed E-state index contributed by atoms with van der Waals surface area (Å²) in [5.74, 6) is -0.516. The fourth-order valence-corrected chi connectivity index (χ4v) is 10.1. The molecule has 6 heteroatoms. The predicted octanol–water partition coefficient (Wildman–Crippen LogP) is 5.88. The van der Waals surface area contributed by atoms with E-state index in [0.29, 0.717) is 50.1 Å². The summed E-state index contributed by atoms with van der Waals surface area (Å²) < 4.78 is 12.8. The van der Waals surface area contributed by atoms with E-state index in [2.05, 4.69) is 37.3 Å². The van der Waals surface area contributed by atoms with Gasteiger partial charge in [-0.15, -0.1) is 0 Å². The second-order valence-corrected chi connectivity index (χ2v) is 13.2. The van der Waals surface area contributed by atoms with Gasteiger partial charge in [-0.1, -0.05) is 74.4 Å². The molecule has 0 radical (unpaired) electrons. The van der Waals surface area contributed by atoms with Crippen molar-refractivity contribution in [2.45, 2.75) is 89.3 Å². The number of carbonyl (C=O) groups is 3. The van der Waals surface area contributed by atoms with Crippen molar-refractivity contribution in [1.29, 1.82) is 0 Å². The molecule has 1 saturated heterocycles. The summed E-state index contributed by atoms with van der Waals surface area (Å²) in [6.07, 6.45) is 20.7. The molecule has 0 bridgehead atoms. The molecule has 4 aliphatic carbocycles. The largest absolute Gasteiger partial charge is 0.453 e. The first-order chi connectivity index (χ1) is 19.9. The summed E-state index contributed by atoms with van der Waals surface area (Å²) >= 11 is 0. The van der Waals surface area contributed by atoms with Crippen molar-refractivity contribution in [3.8, 4) is 0 Å². The van der Waals surface area contributed by atoms with Crippen LogP contribution in [0, 0.1) is 28.1 Å². The Labute approximate surface area is 242 Å². The number of ketones is 1. The highest BCUT2D eigenvalue weighted by atomic mass is 16.6. The SMILES string of the molecule is CCCC1C23C=CCCC2(C(C(=O)CCC24C=CC=CC2CCC4)OC3=O)C12OC(=O)c1c(CCCN)cccc12. The summed E-state index contributed by atoms with van der Waals surface area (Å²) in [6, 6.07) is 5.97. The number of aryl methyl sites for hydroxylation is 1. The fraction of sp³-hybridized carbons (Fsp3) is 0.571. The van der Waals surface area contributed by atoms with E-state index in [1.54, 1.807) is 0 Å². The van der Waals surface area contributed by atoms with Crippen LogP contribution in [-0.4, -0.2) is 30.4 Å². The number of hydrogen-bond acceptors (Lipinski definition) is 6. The van der Waals surface area contributed by atoms with Gasteiger partial charge < -0.3 is 15.2 Å². The van der Waals surface area contributed by atoms with Crippen molar-refractivity contribution in [2.75, 3.05) is 6.54 Å². The van der Waals surface area contributed by atoms with Gasteiger partial charge in [0.2, 0.25) is 0 Å². The number of allylic oxidation sites excluding steroid dienone is 5. The van der Waals surface area contributed by atoms with Crippen molar-refractivity contribution < 1.29 is 23.9 Å². The zero-order valence-corrected chi connectivity index (χ0v) is 24.0. The molecule has 6 aliphatic rings. The summed E-state index contributed by atoms with van der Waals surface area (Å²) in [5.41, 5.74) is 5.24. The van der Waals surface area contributed by atoms with E-state index in [-0.39, 0.29) is 29.1 Å². The number of Topliss-reactive ketones (excluding diaryl/α,β-unsaturated/α-hetero) is 1. The fourth-order valence-electron chi connectivity index (χ4n) is 10.1. The lowest BCUT2D eigenvalue weighted by Gasteiger charge is -2.69. The molecule has 1 aromatic rings. The first-order valence-corrected chi connectivity index (χ1v) is 15.7. The minimum atomic E-state index is -1.06. The normalized spacial score (nSPS) is 39.1. The summed E-state index contributed by atoms with van der Waals surface area (Å²) in [7, 11) is 0. The summed E-state index contributed by atoms with van der Waals surface area (Å²) in [5, 5.41) is 0. The van der Waals surface area contributed by atoms with Gasteiger partial charge in [-0.3, -0.25) is 9.59 Å². The second kappa shape index (κ2) is 9.52. The molecule has 2 saturated carbocycles. The van der Waals surface area contributed by atoms with Crippen molar-refractivity contribution in [1.82, 2.24) is 0 Å². The first kappa shape index (κ1) is 26.9. The van der Waals surface area contributed by atoms with Crippen LogP contribution in [0.2, 0.25) is 0 Å². The highest BCUT2D eigenvalue weighted by Crippen LogP contribution is 2.83. The van der Waals surface area contributed by atoms with Gasteiger partial charge in [-0.25, -0.2) is 4.79 Å². The van der Waals surface area contributed by atoms with Gasteiger partial charge in [0.1, 0.15) is 5.41 Å². The molecular weight excluding hydrogens is 514 g/mol. The van der Waals surface area contributed by atoms with Crippen molar-refractivity contribution in [3.05, 3.63) is 71.3 Å². The third kappa shape index (κ3) is 3.20. The third-order valence-corrected chi connectivity index (χ3v) is 11.7. The zero-order valence-electron chi connectivity index (χ0n) is 24.0. The molecule has 2 aliphatic heterocycles. The van der Waals surface area contributed by atoms with E-state index in [1.165, 1.54) is 0 Å². The molecule has 41 heavy (non-hydrogen) atoms. The lowest BCUT2D eigenvalue weighted by atomic mass is 9.31. The maximum Gasteiger partial charge on any atom is 0.339 e. The van der Waals surface area contributed by atoms with Crippen LogP contribution in [0.1, 0.15) is 92.6 Å². The van der Waals surface area contributed by atoms with Gasteiger partial charge in [0.05, 0.1) is 11.0 Å². The molecule has 7 unspecified atom stereocenters. The topological polar surface area (TPSA) is 95.7 Å². The van der Waals surface area contributed by atoms with Crippen LogP contribution in [0.4, 0.5) is 0 Å². The molecule has 0 amide bonds. The van der Waals surface area contributed by atoms with Crippen LogP contribution in [-0.2, 0) is 31.1 Å². The number of hydrogen-bond donors (Lipinski definition) is 1. The number of nitrogens with two attached hydrogens (primary N) is 1. The quantitative estimate of drug-likeness (QED) is 0.302. The van der Waals surface area contributed by atoms with Gasteiger partial charge in [-0.2, -0.15) is 0 Å². The predicted molar refractivity (Wildman–Crippen MR) is 155 cm³/mol. The summed E-state index contributed by atoms with van der Waals surface area (Å²) in [6.45, 7) is 2.63. The molecule has 1 spiro atoms. The van der Waals surface area contributed by atoms with Gasteiger partial charge in [-0.05, 0) is 74.8 Å². The molecule has 2 N–H and O–H groups in total. The smallest absolute Gasteiger partial charge is 0.339 e. The monoisotopic (exact) mass is 555 g/mol. The van der Waals surface area contributed by atoms with Crippen LogP contribution in [0.3, 0.4) is 0 Å². The van der Waals surface area contributed by atoms with Gasteiger partial charge >= 0.3 is 11.9 Å². The minimum absolute atomic E-state index is 0.000605. The molecule has 6 nitrogen and oxygen atoms in total. The molecule has 0 aromatic heterocycles. The Morgan fingerprint density at radius 3 is 2.85 bits per heavy atom. The standard InChI is InChI=1S/C35H41NO5/c1-2-10-27-33-19-5-6-20-34(33,35(27)25-15-7-11-23(12-9-22-36)28(25)30(38)41-35)29(40-31(33)39)26(37)16-21-32-17-4-3-13-24(32)14-8-18-32/h3-5,7,11,13,15,17,19,24,27,29H,2,6,8-10,12,14,16,18,20-22,36H2,1H3.